The predicted molar refractivity (Wildman–Crippen MR) is 72.3 cm³/mol. The molecular weight excluding hydrogens is 212 g/mol. The second-order valence-corrected chi connectivity index (χ2v) is 4.82. The lowest BCUT2D eigenvalue weighted by atomic mass is 9.88. The summed E-state index contributed by atoms with van der Waals surface area (Å²) in [7, 11) is 0. The number of hydrogen-bond donors (Lipinski definition) is 2. The largest absolute Gasteiger partial charge is 0.342 e. The monoisotopic (exact) mass is 238 g/mol. The zero-order chi connectivity index (χ0) is 13.3. The first-order chi connectivity index (χ1) is 8.04. The maximum absolute atomic E-state index is 11.7. The summed E-state index contributed by atoms with van der Waals surface area (Å²) in [5.74, 6) is 3.71. The highest BCUT2D eigenvalue weighted by Crippen LogP contribution is 2.20. The molecule has 2 atom stereocenters. The van der Waals surface area contributed by atoms with Crippen molar-refractivity contribution in [2.24, 2.45) is 17.6 Å². The molecule has 2 unspecified atom stereocenters. The van der Waals surface area contributed by atoms with Crippen molar-refractivity contribution in [3.63, 3.8) is 0 Å². The Labute approximate surface area is 106 Å². The van der Waals surface area contributed by atoms with Gasteiger partial charge in [-0.1, -0.05) is 26.7 Å². The number of hydrogen-bond acceptors (Lipinski definition) is 2. The molecule has 3 N–H and O–H groups in total. The summed E-state index contributed by atoms with van der Waals surface area (Å²) in [4.78, 5) is 11.7. The molecule has 3 heteroatoms. The Morgan fingerprint density at radius 3 is 2.47 bits per heavy atom. The van der Waals surface area contributed by atoms with E-state index < -0.39 is 0 Å². The zero-order valence-electron chi connectivity index (χ0n) is 11.3. The Morgan fingerprint density at radius 1 is 1.41 bits per heavy atom. The van der Waals surface area contributed by atoms with Gasteiger partial charge in [0.15, 0.2) is 0 Å². The van der Waals surface area contributed by atoms with E-state index in [0.717, 1.165) is 19.3 Å². The van der Waals surface area contributed by atoms with Gasteiger partial charge in [0.05, 0.1) is 6.04 Å². The van der Waals surface area contributed by atoms with E-state index >= 15 is 0 Å². The van der Waals surface area contributed by atoms with Crippen LogP contribution in [-0.2, 0) is 4.79 Å². The summed E-state index contributed by atoms with van der Waals surface area (Å²) >= 11 is 0. The lowest BCUT2D eigenvalue weighted by molar-refractivity contribution is -0.121. The van der Waals surface area contributed by atoms with E-state index in [1.807, 2.05) is 6.92 Å². The molecule has 0 heterocycles. The number of terminal acetylenes is 1. The third kappa shape index (κ3) is 7.01. The van der Waals surface area contributed by atoms with Crippen LogP contribution in [0.3, 0.4) is 0 Å². The topological polar surface area (TPSA) is 55.1 Å². The third-order valence-corrected chi connectivity index (χ3v) is 3.17. The Hall–Kier alpha value is -1.01. The molecule has 0 saturated heterocycles. The van der Waals surface area contributed by atoms with Crippen molar-refractivity contribution in [3.05, 3.63) is 0 Å². The van der Waals surface area contributed by atoms with Crippen LogP contribution in [0.4, 0.5) is 0 Å². The van der Waals surface area contributed by atoms with E-state index in [4.69, 9.17) is 12.2 Å². The summed E-state index contributed by atoms with van der Waals surface area (Å²) in [6.07, 6.45) is 8.50. The molecule has 0 aliphatic rings. The average molecular weight is 238 g/mol. The van der Waals surface area contributed by atoms with E-state index in [9.17, 15) is 4.79 Å². The van der Waals surface area contributed by atoms with Crippen LogP contribution < -0.4 is 11.1 Å². The van der Waals surface area contributed by atoms with Crippen molar-refractivity contribution in [1.82, 2.24) is 5.32 Å². The third-order valence-electron chi connectivity index (χ3n) is 3.17. The fourth-order valence-corrected chi connectivity index (χ4v) is 1.87. The van der Waals surface area contributed by atoms with Gasteiger partial charge in [0.1, 0.15) is 0 Å². The van der Waals surface area contributed by atoms with Gasteiger partial charge in [-0.25, -0.2) is 0 Å². The van der Waals surface area contributed by atoms with Crippen LogP contribution in [-0.4, -0.2) is 18.5 Å². The van der Waals surface area contributed by atoms with E-state index in [0.29, 0.717) is 24.8 Å². The summed E-state index contributed by atoms with van der Waals surface area (Å²) in [6.45, 7) is 7.01. The van der Waals surface area contributed by atoms with Crippen LogP contribution in [0.5, 0.6) is 0 Å². The first kappa shape index (κ1) is 16.0. The minimum atomic E-state index is -0.130. The van der Waals surface area contributed by atoms with Crippen molar-refractivity contribution >= 4 is 5.91 Å². The summed E-state index contributed by atoms with van der Waals surface area (Å²) in [6, 6.07) is -0.130. The van der Waals surface area contributed by atoms with E-state index in [-0.39, 0.29) is 11.9 Å². The molecule has 0 rings (SSSR count). The molecule has 0 aliphatic heterocycles. The van der Waals surface area contributed by atoms with Crippen LogP contribution in [0.2, 0.25) is 0 Å². The molecule has 98 valence electrons. The molecule has 1 amide bonds. The summed E-state index contributed by atoms with van der Waals surface area (Å²) in [5, 5.41) is 2.85. The molecule has 0 aromatic carbocycles. The number of rotatable bonds is 8. The standard InChI is InChI=1S/C14H26N2O/c1-5-13(6-2)16-14(17)8-7-12(9-10-15)11(3)4/h1,11-13H,6-10,15H2,2-4H3,(H,16,17). The second-order valence-electron chi connectivity index (χ2n) is 4.82. The maximum atomic E-state index is 11.7. The number of carbonyl (C=O) groups excluding carboxylic acids is 1. The van der Waals surface area contributed by atoms with Gasteiger partial charge in [0.25, 0.3) is 0 Å². The average Bonchev–Trinajstić information content (AvgIpc) is 2.30. The Kier molecular flexibility index (Phi) is 8.53. The minimum absolute atomic E-state index is 0.0532. The van der Waals surface area contributed by atoms with Gasteiger partial charge in [0.2, 0.25) is 5.91 Å². The van der Waals surface area contributed by atoms with Crippen molar-refractivity contribution in [2.45, 2.75) is 52.5 Å². The maximum Gasteiger partial charge on any atom is 0.220 e. The number of carbonyl (C=O) groups is 1. The minimum Gasteiger partial charge on any atom is -0.342 e. The summed E-state index contributed by atoms with van der Waals surface area (Å²) < 4.78 is 0. The molecule has 0 aromatic rings. The fourth-order valence-electron chi connectivity index (χ4n) is 1.87. The van der Waals surface area contributed by atoms with Gasteiger partial charge in [-0.2, -0.15) is 0 Å². The lowest BCUT2D eigenvalue weighted by Gasteiger charge is -2.20. The highest BCUT2D eigenvalue weighted by atomic mass is 16.1. The fraction of sp³-hybridized carbons (Fsp3) is 0.786. The van der Waals surface area contributed by atoms with E-state index in [2.05, 4.69) is 25.1 Å². The SMILES string of the molecule is C#CC(CC)NC(=O)CCC(CCN)C(C)C. The highest BCUT2D eigenvalue weighted by Gasteiger charge is 2.15. The molecule has 0 radical (unpaired) electrons. The van der Waals surface area contributed by atoms with Crippen LogP contribution >= 0.6 is 0 Å². The van der Waals surface area contributed by atoms with E-state index in [1.165, 1.54) is 0 Å². The number of nitrogens with one attached hydrogen (secondary N) is 1. The molecule has 0 bridgehead atoms. The molecule has 0 fully saturated rings. The number of amides is 1. The van der Waals surface area contributed by atoms with Gasteiger partial charge >= 0.3 is 0 Å². The molecule has 0 aliphatic carbocycles. The zero-order valence-corrected chi connectivity index (χ0v) is 11.3. The molecule has 0 spiro atoms. The van der Waals surface area contributed by atoms with E-state index in [1.54, 1.807) is 0 Å². The van der Waals surface area contributed by atoms with Crippen molar-refractivity contribution in [3.8, 4) is 12.3 Å². The van der Waals surface area contributed by atoms with Crippen molar-refractivity contribution < 1.29 is 4.79 Å². The Balaban J connectivity index is 4.00. The Bertz CT molecular complexity index is 255. The van der Waals surface area contributed by atoms with Gasteiger partial charge < -0.3 is 11.1 Å². The number of nitrogens with two attached hydrogens (primary N) is 1. The lowest BCUT2D eigenvalue weighted by Crippen LogP contribution is -2.33. The van der Waals surface area contributed by atoms with Gasteiger partial charge in [0, 0.05) is 6.42 Å². The van der Waals surface area contributed by atoms with Crippen LogP contribution in [0.1, 0.15) is 46.5 Å². The normalized spacial score (nSPS) is 14.1. The van der Waals surface area contributed by atoms with Gasteiger partial charge in [-0.05, 0) is 37.6 Å². The van der Waals surface area contributed by atoms with Crippen molar-refractivity contribution in [2.75, 3.05) is 6.54 Å². The molecule has 0 aromatic heterocycles. The first-order valence-corrected chi connectivity index (χ1v) is 6.50. The highest BCUT2D eigenvalue weighted by molar-refractivity contribution is 5.76. The second kappa shape index (κ2) is 9.07. The smallest absolute Gasteiger partial charge is 0.220 e. The summed E-state index contributed by atoms with van der Waals surface area (Å²) in [5.41, 5.74) is 5.57. The van der Waals surface area contributed by atoms with Crippen LogP contribution in [0, 0.1) is 24.2 Å². The van der Waals surface area contributed by atoms with Gasteiger partial charge in [-0.15, -0.1) is 6.42 Å². The Morgan fingerprint density at radius 2 is 2.06 bits per heavy atom. The first-order valence-electron chi connectivity index (χ1n) is 6.50. The molecule has 0 saturated carbocycles. The van der Waals surface area contributed by atoms with Gasteiger partial charge in [-0.3, -0.25) is 4.79 Å². The van der Waals surface area contributed by atoms with Crippen LogP contribution in [0.25, 0.3) is 0 Å². The quantitative estimate of drug-likeness (QED) is 0.635. The van der Waals surface area contributed by atoms with Crippen molar-refractivity contribution in [1.29, 1.82) is 0 Å². The molecule has 3 nitrogen and oxygen atoms in total. The predicted octanol–water partition coefficient (Wildman–Crippen LogP) is 1.92. The molecule has 17 heavy (non-hydrogen) atoms. The molecular formula is C14H26N2O. The van der Waals surface area contributed by atoms with Crippen LogP contribution in [0.15, 0.2) is 0 Å².